The van der Waals surface area contributed by atoms with Crippen LogP contribution in [-0.4, -0.2) is 48.6 Å². The summed E-state index contributed by atoms with van der Waals surface area (Å²) in [6, 6.07) is 13.8. The maximum atomic E-state index is 12.9. The molecule has 1 saturated heterocycles. The first-order valence-corrected chi connectivity index (χ1v) is 11.1. The fourth-order valence-electron chi connectivity index (χ4n) is 3.52. The zero-order valence-corrected chi connectivity index (χ0v) is 17.9. The minimum atomic E-state index is 0.0879. The van der Waals surface area contributed by atoms with Gasteiger partial charge in [-0.05, 0) is 49.2 Å². The van der Waals surface area contributed by atoms with Gasteiger partial charge in [-0.3, -0.25) is 4.79 Å². The van der Waals surface area contributed by atoms with Crippen LogP contribution in [0.1, 0.15) is 35.7 Å². The highest BCUT2D eigenvalue weighted by atomic mass is 32.1. The standard InChI is InChI=1S/C23H27N3O2S/c1-3-4-16-28-19-10-8-18(9-11-19)22(27)25-12-14-26(15-13-25)23-24-21-17(2)6-5-7-20(21)29-23/h5-11H,3-4,12-16H2,1-2H3. The van der Waals surface area contributed by atoms with E-state index in [2.05, 4.69) is 36.9 Å². The topological polar surface area (TPSA) is 45.7 Å². The van der Waals surface area contributed by atoms with Gasteiger partial charge in [0.1, 0.15) is 5.75 Å². The number of rotatable bonds is 6. The van der Waals surface area contributed by atoms with Gasteiger partial charge in [-0.2, -0.15) is 0 Å². The summed E-state index contributed by atoms with van der Waals surface area (Å²) >= 11 is 1.73. The lowest BCUT2D eigenvalue weighted by molar-refractivity contribution is 0.0746. The zero-order valence-electron chi connectivity index (χ0n) is 17.1. The number of anilines is 1. The summed E-state index contributed by atoms with van der Waals surface area (Å²) < 4.78 is 6.91. The molecule has 29 heavy (non-hydrogen) atoms. The summed E-state index contributed by atoms with van der Waals surface area (Å²) in [7, 11) is 0. The number of aromatic nitrogens is 1. The van der Waals surface area contributed by atoms with E-state index in [1.54, 1.807) is 11.3 Å². The molecule has 1 aliphatic rings. The average Bonchev–Trinajstić information content (AvgIpc) is 3.20. The largest absolute Gasteiger partial charge is 0.494 e. The molecular weight excluding hydrogens is 382 g/mol. The highest BCUT2D eigenvalue weighted by Crippen LogP contribution is 2.31. The van der Waals surface area contributed by atoms with Gasteiger partial charge in [0, 0.05) is 31.7 Å². The Labute approximate surface area is 175 Å². The summed E-state index contributed by atoms with van der Waals surface area (Å²) in [5, 5.41) is 1.05. The van der Waals surface area contributed by atoms with Crippen molar-refractivity contribution in [2.45, 2.75) is 26.7 Å². The minimum absolute atomic E-state index is 0.0879. The van der Waals surface area contributed by atoms with Crippen LogP contribution in [0.5, 0.6) is 5.75 Å². The van der Waals surface area contributed by atoms with Crippen LogP contribution in [0.2, 0.25) is 0 Å². The second-order valence-electron chi connectivity index (χ2n) is 7.42. The Hall–Kier alpha value is -2.60. The van der Waals surface area contributed by atoms with Crippen LogP contribution >= 0.6 is 11.3 Å². The van der Waals surface area contributed by atoms with Crippen molar-refractivity contribution in [1.29, 1.82) is 0 Å². The number of hydrogen-bond acceptors (Lipinski definition) is 5. The van der Waals surface area contributed by atoms with E-state index in [-0.39, 0.29) is 5.91 Å². The molecule has 4 rings (SSSR count). The number of piperazine rings is 1. The highest BCUT2D eigenvalue weighted by Gasteiger charge is 2.24. The van der Waals surface area contributed by atoms with Gasteiger partial charge < -0.3 is 14.5 Å². The molecule has 1 fully saturated rings. The summed E-state index contributed by atoms with van der Waals surface area (Å²) in [5.74, 6) is 0.913. The first-order valence-electron chi connectivity index (χ1n) is 10.3. The van der Waals surface area contributed by atoms with Crippen molar-refractivity contribution in [3.63, 3.8) is 0 Å². The number of benzene rings is 2. The Balaban J connectivity index is 1.36. The number of carbonyl (C=O) groups excluding carboxylic acids is 1. The first kappa shape index (κ1) is 19.7. The molecule has 0 radical (unpaired) electrons. The summed E-state index contributed by atoms with van der Waals surface area (Å²) in [6.07, 6.45) is 2.15. The van der Waals surface area contributed by atoms with Gasteiger partial charge in [0.2, 0.25) is 0 Å². The molecule has 1 aliphatic heterocycles. The molecule has 0 unspecified atom stereocenters. The molecule has 2 heterocycles. The number of nitrogens with zero attached hydrogens (tertiary/aromatic N) is 3. The van der Waals surface area contributed by atoms with Gasteiger partial charge in [-0.25, -0.2) is 4.98 Å². The van der Waals surface area contributed by atoms with Gasteiger partial charge in [-0.1, -0.05) is 36.8 Å². The number of hydrogen-bond donors (Lipinski definition) is 0. The van der Waals surface area contributed by atoms with Crippen LogP contribution in [-0.2, 0) is 0 Å². The van der Waals surface area contributed by atoms with E-state index in [1.807, 2.05) is 29.2 Å². The van der Waals surface area contributed by atoms with E-state index in [0.717, 1.165) is 54.5 Å². The molecule has 0 saturated carbocycles. The van der Waals surface area contributed by atoms with Crippen LogP contribution in [0.15, 0.2) is 42.5 Å². The van der Waals surface area contributed by atoms with Crippen molar-refractivity contribution >= 4 is 32.6 Å². The lowest BCUT2D eigenvalue weighted by Crippen LogP contribution is -2.48. The monoisotopic (exact) mass is 409 g/mol. The molecule has 2 aromatic carbocycles. The number of aryl methyl sites for hydroxylation is 1. The lowest BCUT2D eigenvalue weighted by atomic mass is 10.1. The van der Waals surface area contributed by atoms with E-state index < -0.39 is 0 Å². The van der Waals surface area contributed by atoms with Crippen LogP contribution in [0.25, 0.3) is 10.2 Å². The number of amides is 1. The van der Waals surface area contributed by atoms with Crippen LogP contribution in [0, 0.1) is 6.92 Å². The molecule has 0 N–H and O–H groups in total. The molecule has 0 aliphatic carbocycles. The molecule has 6 heteroatoms. The Morgan fingerprint density at radius 2 is 1.86 bits per heavy atom. The van der Waals surface area contributed by atoms with Gasteiger partial charge in [0.25, 0.3) is 5.91 Å². The summed E-state index contributed by atoms with van der Waals surface area (Å²) in [6.45, 7) is 8.00. The van der Waals surface area contributed by atoms with E-state index in [0.29, 0.717) is 13.1 Å². The van der Waals surface area contributed by atoms with Crippen molar-refractivity contribution in [2.75, 3.05) is 37.7 Å². The van der Waals surface area contributed by atoms with Crippen LogP contribution in [0.3, 0.4) is 0 Å². The van der Waals surface area contributed by atoms with Crippen molar-refractivity contribution in [2.24, 2.45) is 0 Å². The normalized spacial score (nSPS) is 14.4. The number of para-hydroxylation sites is 1. The SMILES string of the molecule is CCCCOc1ccc(C(=O)N2CCN(c3nc4c(C)cccc4s3)CC2)cc1. The second kappa shape index (κ2) is 8.82. The average molecular weight is 410 g/mol. The number of unbranched alkanes of at least 4 members (excludes halogenated alkanes) is 1. The van der Waals surface area contributed by atoms with E-state index in [9.17, 15) is 4.79 Å². The number of ether oxygens (including phenoxy) is 1. The Kier molecular flexibility index (Phi) is 6.00. The molecule has 1 amide bonds. The third kappa shape index (κ3) is 4.37. The van der Waals surface area contributed by atoms with Gasteiger partial charge in [0.05, 0.1) is 16.8 Å². The second-order valence-corrected chi connectivity index (χ2v) is 8.43. The van der Waals surface area contributed by atoms with Gasteiger partial charge >= 0.3 is 0 Å². The van der Waals surface area contributed by atoms with Crippen molar-refractivity contribution in [3.8, 4) is 5.75 Å². The molecule has 0 bridgehead atoms. The number of fused-ring (bicyclic) bond motifs is 1. The maximum absolute atomic E-state index is 12.9. The maximum Gasteiger partial charge on any atom is 0.253 e. The third-order valence-corrected chi connectivity index (χ3v) is 6.40. The smallest absolute Gasteiger partial charge is 0.253 e. The van der Waals surface area contributed by atoms with E-state index in [1.165, 1.54) is 10.3 Å². The van der Waals surface area contributed by atoms with Crippen LogP contribution < -0.4 is 9.64 Å². The molecule has 3 aromatic rings. The first-order chi connectivity index (χ1) is 14.2. The van der Waals surface area contributed by atoms with E-state index in [4.69, 9.17) is 9.72 Å². The minimum Gasteiger partial charge on any atom is -0.494 e. The van der Waals surface area contributed by atoms with E-state index >= 15 is 0 Å². The van der Waals surface area contributed by atoms with Crippen LogP contribution in [0.4, 0.5) is 5.13 Å². The predicted molar refractivity (Wildman–Crippen MR) is 119 cm³/mol. The fraction of sp³-hybridized carbons (Fsp3) is 0.391. The van der Waals surface area contributed by atoms with Gasteiger partial charge in [0.15, 0.2) is 5.13 Å². The quantitative estimate of drug-likeness (QED) is 0.552. The Morgan fingerprint density at radius 3 is 2.55 bits per heavy atom. The predicted octanol–water partition coefficient (Wildman–Crippen LogP) is 4.75. The van der Waals surface area contributed by atoms with Gasteiger partial charge in [-0.15, -0.1) is 0 Å². The van der Waals surface area contributed by atoms with Crippen molar-refractivity contribution in [1.82, 2.24) is 9.88 Å². The molecule has 152 valence electrons. The lowest BCUT2D eigenvalue weighted by Gasteiger charge is -2.34. The molecule has 5 nitrogen and oxygen atoms in total. The third-order valence-electron chi connectivity index (χ3n) is 5.31. The number of carbonyl (C=O) groups is 1. The zero-order chi connectivity index (χ0) is 20.2. The van der Waals surface area contributed by atoms with Crippen molar-refractivity contribution < 1.29 is 9.53 Å². The fourth-order valence-corrected chi connectivity index (χ4v) is 4.62. The molecular formula is C23H27N3O2S. The summed E-state index contributed by atoms with van der Waals surface area (Å²) in [4.78, 5) is 21.9. The Morgan fingerprint density at radius 1 is 1.10 bits per heavy atom. The summed E-state index contributed by atoms with van der Waals surface area (Å²) in [5.41, 5.74) is 3.02. The molecule has 0 atom stereocenters. The highest BCUT2D eigenvalue weighted by molar-refractivity contribution is 7.22. The molecule has 1 aromatic heterocycles. The van der Waals surface area contributed by atoms with Crippen molar-refractivity contribution in [3.05, 3.63) is 53.6 Å². The number of thiazole rings is 1. The Bertz CT molecular complexity index is 975. The molecule has 0 spiro atoms.